The summed E-state index contributed by atoms with van der Waals surface area (Å²) in [5.74, 6) is -0.914. The summed E-state index contributed by atoms with van der Waals surface area (Å²) < 4.78 is 0. The highest BCUT2D eigenvalue weighted by Crippen LogP contribution is 2.27. The summed E-state index contributed by atoms with van der Waals surface area (Å²) in [6, 6.07) is 18.6. The fourth-order valence-corrected chi connectivity index (χ4v) is 3.03. The lowest BCUT2D eigenvalue weighted by Gasteiger charge is -2.23. The van der Waals surface area contributed by atoms with Crippen LogP contribution in [0.15, 0.2) is 72.0 Å². The van der Waals surface area contributed by atoms with Crippen molar-refractivity contribution < 1.29 is 14.7 Å². The number of hydrogen-bond acceptors (Lipinski definition) is 3. The van der Waals surface area contributed by atoms with E-state index in [1.807, 2.05) is 60.7 Å². The first-order valence-corrected chi connectivity index (χ1v) is 7.91. The Morgan fingerprint density at radius 2 is 1.50 bits per heavy atom. The van der Waals surface area contributed by atoms with E-state index >= 15 is 0 Å². The summed E-state index contributed by atoms with van der Waals surface area (Å²) in [7, 11) is 0. The smallest absolute Gasteiger partial charge is 0.261 e. The summed E-state index contributed by atoms with van der Waals surface area (Å²) in [6.45, 7) is 1.73. The fraction of sp³-hybridized carbons (Fsp3) is 0.200. The summed E-state index contributed by atoms with van der Waals surface area (Å²) in [6.07, 6.45) is 0.440. The molecule has 0 bridgehead atoms. The van der Waals surface area contributed by atoms with Crippen molar-refractivity contribution in [3.05, 3.63) is 83.1 Å². The third kappa shape index (κ3) is 3.08. The largest absolute Gasteiger partial charge is 0.512 e. The molecule has 4 heteroatoms. The van der Waals surface area contributed by atoms with Crippen LogP contribution in [0, 0.1) is 0 Å². The van der Waals surface area contributed by atoms with Crippen molar-refractivity contribution in [2.45, 2.75) is 25.9 Å². The molecule has 3 rings (SSSR count). The summed E-state index contributed by atoms with van der Waals surface area (Å²) in [4.78, 5) is 26.9. The second-order valence-corrected chi connectivity index (χ2v) is 5.95. The van der Waals surface area contributed by atoms with Gasteiger partial charge in [-0.25, -0.2) is 0 Å². The molecule has 2 aromatic carbocycles. The molecule has 0 spiro atoms. The van der Waals surface area contributed by atoms with Gasteiger partial charge in [-0.15, -0.1) is 0 Å². The Balaban J connectivity index is 1.94. The maximum atomic E-state index is 12.7. The van der Waals surface area contributed by atoms with Crippen LogP contribution in [0.1, 0.15) is 18.1 Å². The molecule has 0 aromatic heterocycles. The van der Waals surface area contributed by atoms with Crippen LogP contribution < -0.4 is 0 Å². The number of aliphatic hydroxyl groups is 1. The number of nitrogens with zero attached hydrogens (tertiary/aromatic N) is 1. The molecule has 1 N–H and O–H groups in total. The van der Waals surface area contributed by atoms with Gasteiger partial charge in [0, 0.05) is 13.0 Å². The molecule has 4 nitrogen and oxygen atoms in total. The Morgan fingerprint density at radius 1 is 0.958 bits per heavy atom. The van der Waals surface area contributed by atoms with E-state index in [0.717, 1.165) is 11.1 Å². The van der Waals surface area contributed by atoms with Gasteiger partial charge >= 0.3 is 0 Å². The van der Waals surface area contributed by atoms with E-state index in [0.29, 0.717) is 13.0 Å². The van der Waals surface area contributed by atoms with Gasteiger partial charge in [-0.1, -0.05) is 60.7 Å². The number of hydrogen-bond donors (Lipinski definition) is 1. The molecule has 1 amide bonds. The van der Waals surface area contributed by atoms with Crippen molar-refractivity contribution in [1.82, 2.24) is 4.90 Å². The van der Waals surface area contributed by atoms with Gasteiger partial charge in [-0.05, 0) is 18.1 Å². The fourth-order valence-electron chi connectivity index (χ4n) is 3.03. The number of amides is 1. The van der Waals surface area contributed by atoms with Gasteiger partial charge in [0.2, 0.25) is 0 Å². The molecule has 2 aromatic rings. The summed E-state index contributed by atoms with van der Waals surface area (Å²) >= 11 is 0. The number of allylic oxidation sites excluding steroid dienone is 1. The van der Waals surface area contributed by atoms with Crippen molar-refractivity contribution >= 4 is 11.7 Å². The van der Waals surface area contributed by atoms with Crippen LogP contribution in [0.5, 0.6) is 0 Å². The maximum Gasteiger partial charge on any atom is 0.261 e. The van der Waals surface area contributed by atoms with E-state index < -0.39 is 11.9 Å². The minimum absolute atomic E-state index is 0.0909. The molecule has 0 radical (unpaired) electrons. The van der Waals surface area contributed by atoms with Gasteiger partial charge in [-0.3, -0.25) is 9.59 Å². The molecule has 1 aliphatic heterocycles. The van der Waals surface area contributed by atoms with Crippen LogP contribution in [-0.4, -0.2) is 27.7 Å². The topological polar surface area (TPSA) is 57.6 Å². The number of benzene rings is 2. The number of Topliss-reactive ketones (excluding diaryl/α,β-unsaturated/α-hetero) is 1. The first-order valence-electron chi connectivity index (χ1n) is 7.91. The van der Waals surface area contributed by atoms with E-state index in [9.17, 15) is 14.7 Å². The zero-order valence-electron chi connectivity index (χ0n) is 13.5. The molecule has 0 aliphatic carbocycles. The van der Waals surface area contributed by atoms with Gasteiger partial charge in [0.15, 0.2) is 5.78 Å². The minimum Gasteiger partial charge on any atom is -0.512 e. The summed E-state index contributed by atoms with van der Waals surface area (Å²) in [5, 5.41) is 9.77. The van der Waals surface area contributed by atoms with Crippen molar-refractivity contribution in [2.75, 3.05) is 0 Å². The number of carbonyl (C=O) groups excluding carboxylic acids is 2. The molecule has 1 fully saturated rings. The van der Waals surface area contributed by atoms with Gasteiger partial charge in [-0.2, -0.15) is 0 Å². The second-order valence-electron chi connectivity index (χ2n) is 5.95. The van der Waals surface area contributed by atoms with Crippen LogP contribution in [0.25, 0.3) is 0 Å². The van der Waals surface area contributed by atoms with E-state index in [1.54, 1.807) is 4.90 Å². The van der Waals surface area contributed by atoms with Crippen LogP contribution in [0.4, 0.5) is 0 Å². The molecule has 1 atom stereocenters. The monoisotopic (exact) mass is 321 g/mol. The van der Waals surface area contributed by atoms with Gasteiger partial charge in [0.1, 0.15) is 17.4 Å². The third-order valence-electron chi connectivity index (χ3n) is 4.23. The Bertz CT molecular complexity index is 716. The predicted molar refractivity (Wildman–Crippen MR) is 91.3 cm³/mol. The van der Waals surface area contributed by atoms with Gasteiger partial charge in [0.25, 0.3) is 5.91 Å². The average Bonchev–Trinajstić information content (AvgIpc) is 2.81. The highest BCUT2D eigenvalue weighted by atomic mass is 16.3. The van der Waals surface area contributed by atoms with E-state index in [1.165, 1.54) is 6.92 Å². The standard InChI is InChI=1S/C20H19NO3/c1-14(22)18-19(23)17(12-15-8-4-2-5-9-15)21(20(18)24)13-16-10-6-3-7-11-16/h2-11,17,22H,12-13H2,1H3/b18-14-/t17-/m1/s1. The highest BCUT2D eigenvalue weighted by molar-refractivity contribution is 6.26. The van der Waals surface area contributed by atoms with Crippen molar-refractivity contribution in [3.8, 4) is 0 Å². The lowest BCUT2D eigenvalue weighted by atomic mass is 10.0. The number of aliphatic hydroxyl groups excluding tert-OH is 1. The predicted octanol–water partition coefficient (Wildman–Crippen LogP) is 3.04. The average molecular weight is 321 g/mol. The molecule has 1 aliphatic rings. The first-order chi connectivity index (χ1) is 11.6. The molecule has 0 unspecified atom stereocenters. The second kappa shape index (κ2) is 6.71. The molecule has 1 saturated heterocycles. The zero-order valence-corrected chi connectivity index (χ0v) is 13.5. The first kappa shape index (κ1) is 16.0. The lowest BCUT2D eigenvalue weighted by molar-refractivity contribution is -0.127. The minimum atomic E-state index is -0.586. The van der Waals surface area contributed by atoms with Crippen molar-refractivity contribution in [3.63, 3.8) is 0 Å². The van der Waals surface area contributed by atoms with Crippen LogP contribution >= 0.6 is 0 Å². The Kier molecular flexibility index (Phi) is 4.47. The van der Waals surface area contributed by atoms with Crippen molar-refractivity contribution in [1.29, 1.82) is 0 Å². The maximum absolute atomic E-state index is 12.7. The van der Waals surface area contributed by atoms with Crippen LogP contribution in [-0.2, 0) is 22.6 Å². The number of carbonyl (C=O) groups is 2. The van der Waals surface area contributed by atoms with Gasteiger partial charge in [0.05, 0.1) is 0 Å². The summed E-state index contributed by atoms with van der Waals surface area (Å²) in [5.41, 5.74) is 1.85. The lowest BCUT2D eigenvalue weighted by Crippen LogP contribution is -2.36. The molecule has 0 saturated carbocycles. The highest BCUT2D eigenvalue weighted by Gasteiger charge is 2.44. The van der Waals surface area contributed by atoms with Gasteiger partial charge < -0.3 is 10.0 Å². The molecule has 24 heavy (non-hydrogen) atoms. The number of ketones is 1. The Morgan fingerprint density at radius 3 is 2.04 bits per heavy atom. The molecule has 1 heterocycles. The Labute approximate surface area is 141 Å². The molecular weight excluding hydrogens is 302 g/mol. The number of rotatable bonds is 4. The van der Waals surface area contributed by atoms with Crippen molar-refractivity contribution in [2.24, 2.45) is 0 Å². The van der Waals surface area contributed by atoms with E-state index in [2.05, 4.69) is 0 Å². The molecule has 122 valence electrons. The zero-order chi connectivity index (χ0) is 17.1. The van der Waals surface area contributed by atoms with E-state index in [4.69, 9.17) is 0 Å². The molecular formula is C20H19NO3. The van der Waals surface area contributed by atoms with Crippen LogP contribution in [0.3, 0.4) is 0 Å². The number of likely N-dealkylation sites (tertiary alicyclic amines) is 1. The van der Waals surface area contributed by atoms with E-state index in [-0.39, 0.29) is 17.1 Å². The SMILES string of the molecule is C/C(O)=C1\C(=O)[C@@H](Cc2ccccc2)N(Cc2ccccc2)C1=O. The quantitative estimate of drug-likeness (QED) is 0.535. The Hall–Kier alpha value is -2.88. The van der Waals surface area contributed by atoms with Crippen LogP contribution in [0.2, 0.25) is 0 Å². The third-order valence-corrected chi connectivity index (χ3v) is 4.23. The normalized spacial score (nSPS) is 19.7.